The number of carbonyl (C=O) groups is 1. The third-order valence-electron chi connectivity index (χ3n) is 4.26. The molecule has 2 unspecified atom stereocenters. The van der Waals surface area contributed by atoms with Crippen LogP contribution in [0.15, 0.2) is 42.5 Å². The molecule has 2 aromatic rings. The molecule has 3 rings (SSSR count). The van der Waals surface area contributed by atoms with Crippen molar-refractivity contribution in [3.8, 4) is 5.75 Å². The average molecular weight is 280 g/mol. The van der Waals surface area contributed by atoms with Gasteiger partial charge in [-0.25, -0.2) is 0 Å². The maximum absolute atomic E-state index is 12.8. The Morgan fingerprint density at radius 3 is 2.52 bits per heavy atom. The van der Waals surface area contributed by atoms with Crippen LogP contribution in [0.2, 0.25) is 0 Å². The predicted octanol–water partition coefficient (Wildman–Crippen LogP) is 4.30. The van der Waals surface area contributed by atoms with Gasteiger partial charge < -0.3 is 4.74 Å². The Morgan fingerprint density at radius 1 is 1.14 bits per heavy atom. The van der Waals surface area contributed by atoms with Crippen LogP contribution in [0.25, 0.3) is 0 Å². The Labute approximate surface area is 125 Å². The van der Waals surface area contributed by atoms with Crippen LogP contribution < -0.4 is 4.74 Å². The highest BCUT2D eigenvalue weighted by Gasteiger charge is 2.45. The van der Waals surface area contributed by atoms with Crippen molar-refractivity contribution in [2.24, 2.45) is 5.92 Å². The Hall–Kier alpha value is -2.09. The fourth-order valence-electron chi connectivity index (χ4n) is 3.14. The van der Waals surface area contributed by atoms with Crippen LogP contribution in [0.1, 0.15) is 39.4 Å². The second-order valence-corrected chi connectivity index (χ2v) is 5.88. The van der Waals surface area contributed by atoms with Gasteiger partial charge in [-0.3, -0.25) is 4.79 Å². The van der Waals surface area contributed by atoms with Crippen LogP contribution in [0, 0.1) is 19.8 Å². The first-order valence-electron chi connectivity index (χ1n) is 7.36. The second-order valence-electron chi connectivity index (χ2n) is 5.88. The Balaban J connectivity index is 1.88. The molecular formula is C19H20O2. The van der Waals surface area contributed by atoms with Gasteiger partial charge in [-0.2, -0.15) is 0 Å². The summed E-state index contributed by atoms with van der Waals surface area (Å²) in [5.74, 6) is 1.39. The fourth-order valence-corrected chi connectivity index (χ4v) is 3.14. The molecule has 1 fully saturated rings. The molecule has 108 valence electrons. The topological polar surface area (TPSA) is 26.3 Å². The van der Waals surface area contributed by atoms with Gasteiger partial charge in [-0.1, -0.05) is 36.4 Å². The summed E-state index contributed by atoms with van der Waals surface area (Å²) in [5.41, 5.74) is 4.15. The standard InChI is InChI=1S/C19H20O2/c1-12-9-13(2)18(17(10-12)21-3)19(20)16-11-15(16)14-7-5-4-6-8-14/h4-10,15-16H,11H2,1-3H3. The number of hydrogen-bond donors (Lipinski definition) is 0. The molecule has 0 N–H and O–H groups in total. The van der Waals surface area contributed by atoms with Gasteiger partial charge in [0.25, 0.3) is 0 Å². The summed E-state index contributed by atoms with van der Waals surface area (Å²) in [6, 6.07) is 14.3. The quantitative estimate of drug-likeness (QED) is 0.781. The second kappa shape index (κ2) is 5.36. The summed E-state index contributed by atoms with van der Waals surface area (Å²) in [5, 5.41) is 0. The number of hydrogen-bond acceptors (Lipinski definition) is 2. The normalized spacial score (nSPS) is 20.1. The first-order valence-corrected chi connectivity index (χ1v) is 7.36. The highest BCUT2D eigenvalue weighted by molar-refractivity contribution is 6.03. The van der Waals surface area contributed by atoms with E-state index < -0.39 is 0 Å². The van der Waals surface area contributed by atoms with Crippen molar-refractivity contribution in [2.75, 3.05) is 7.11 Å². The van der Waals surface area contributed by atoms with Crippen LogP contribution in [-0.4, -0.2) is 12.9 Å². The van der Waals surface area contributed by atoms with Crippen LogP contribution in [-0.2, 0) is 0 Å². The van der Waals surface area contributed by atoms with Crippen molar-refractivity contribution in [1.29, 1.82) is 0 Å². The zero-order valence-electron chi connectivity index (χ0n) is 12.7. The molecule has 2 aromatic carbocycles. The van der Waals surface area contributed by atoms with E-state index in [1.807, 2.05) is 38.1 Å². The molecule has 2 atom stereocenters. The Morgan fingerprint density at radius 2 is 1.86 bits per heavy atom. The fraction of sp³-hybridized carbons (Fsp3) is 0.316. The van der Waals surface area contributed by atoms with Gasteiger partial charge in [0, 0.05) is 5.92 Å². The van der Waals surface area contributed by atoms with Gasteiger partial charge >= 0.3 is 0 Å². The van der Waals surface area contributed by atoms with E-state index in [1.54, 1.807) is 7.11 Å². The van der Waals surface area contributed by atoms with Crippen molar-refractivity contribution in [2.45, 2.75) is 26.2 Å². The van der Waals surface area contributed by atoms with E-state index >= 15 is 0 Å². The number of aryl methyl sites for hydroxylation is 2. The van der Waals surface area contributed by atoms with Crippen molar-refractivity contribution in [1.82, 2.24) is 0 Å². The number of ether oxygens (including phenoxy) is 1. The van der Waals surface area contributed by atoms with E-state index in [0.717, 1.165) is 23.1 Å². The minimum absolute atomic E-state index is 0.0997. The SMILES string of the molecule is COc1cc(C)cc(C)c1C(=O)C1CC1c1ccccc1. The molecule has 0 spiro atoms. The lowest BCUT2D eigenvalue weighted by Gasteiger charge is -2.12. The zero-order valence-corrected chi connectivity index (χ0v) is 12.7. The van der Waals surface area contributed by atoms with Gasteiger partial charge in [-0.15, -0.1) is 0 Å². The molecule has 0 aromatic heterocycles. The van der Waals surface area contributed by atoms with E-state index in [0.29, 0.717) is 11.7 Å². The van der Waals surface area contributed by atoms with Gasteiger partial charge in [0.1, 0.15) is 5.75 Å². The maximum atomic E-state index is 12.8. The Bertz CT molecular complexity index is 673. The molecule has 0 bridgehead atoms. The number of ketones is 1. The monoisotopic (exact) mass is 280 g/mol. The predicted molar refractivity (Wildman–Crippen MR) is 84.1 cm³/mol. The average Bonchev–Trinajstić information content (AvgIpc) is 3.27. The molecule has 21 heavy (non-hydrogen) atoms. The van der Waals surface area contributed by atoms with Crippen LogP contribution in [0.3, 0.4) is 0 Å². The lowest BCUT2D eigenvalue weighted by atomic mass is 9.96. The molecule has 0 aliphatic heterocycles. The number of Topliss-reactive ketones (excluding diaryl/α,β-unsaturated/α-hetero) is 1. The molecule has 2 heteroatoms. The number of benzene rings is 2. The summed E-state index contributed by atoms with van der Waals surface area (Å²) in [4.78, 5) is 12.8. The van der Waals surface area contributed by atoms with Crippen molar-refractivity contribution in [3.63, 3.8) is 0 Å². The molecule has 0 saturated heterocycles. The lowest BCUT2D eigenvalue weighted by molar-refractivity contribution is 0.0961. The van der Waals surface area contributed by atoms with Crippen molar-refractivity contribution in [3.05, 3.63) is 64.7 Å². The summed E-state index contributed by atoms with van der Waals surface area (Å²) >= 11 is 0. The third kappa shape index (κ3) is 2.58. The molecule has 1 saturated carbocycles. The van der Waals surface area contributed by atoms with E-state index in [4.69, 9.17) is 4.74 Å². The first-order chi connectivity index (χ1) is 10.1. The molecule has 0 heterocycles. The van der Waals surface area contributed by atoms with Crippen molar-refractivity contribution >= 4 is 5.78 Å². The van der Waals surface area contributed by atoms with E-state index in [1.165, 1.54) is 5.56 Å². The highest BCUT2D eigenvalue weighted by Crippen LogP contribution is 2.50. The summed E-state index contributed by atoms with van der Waals surface area (Å²) < 4.78 is 5.43. The minimum atomic E-state index is 0.0997. The maximum Gasteiger partial charge on any atom is 0.170 e. The van der Waals surface area contributed by atoms with Crippen molar-refractivity contribution < 1.29 is 9.53 Å². The molecular weight excluding hydrogens is 260 g/mol. The molecule has 1 aliphatic rings. The molecule has 0 radical (unpaired) electrons. The van der Waals surface area contributed by atoms with Gasteiger partial charge in [-0.05, 0) is 48.9 Å². The molecule has 2 nitrogen and oxygen atoms in total. The summed E-state index contributed by atoms with van der Waals surface area (Å²) in [6.07, 6.45) is 0.944. The Kier molecular flexibility index (Phi) is 3.54. The lowest BCUT2D eigenvalue weighted by Crippen LogP contribution is -2.08. The van der Waals surface area contributed by atoms with E-state index in [2.05, 4.69) is 18.2 Å². The number of methoxy groups -OCH3 is 1. The number of rotatable bonds is 4. The third-order valence-corrected chi connectivity index (χ3v) is 4.26. The van der Waals surface area contributed by atoms with Crippen LogP contribution in [0.4, 0.5) is 0 Å². The van der Waals surface area contributed by atoms with Gasteiger partial charge in [0.2, 0.25) is 0 Å². The minimum Gasteiger partial charge on any atom is -0.496 e. The molecule has 1 aliphatic carbocycles. The van der Waals surface area contributed by atoms with Crippen LogP contribution >= 0.6 is 0 Å². The van der Waals surface area contributed by atoms with Gasteiger partial charge in [0.05, 0.1) is 12.7 Å². The van der Waals surface area contributed by atoms with E-state index in [9.17, 15) is 4.79 Å². The largest absolute Gasteiger partial charge is 0.496 e. The van der Waals surface area contributed by atoms with Crippen LogP contribution in [0.5, 0.6) is 5.75 Å². The highest BCUT2D eigenvalue weighted by atomic mass is 16.5. The van der Waals surface area contributed by atoms with Gasteiger partial charge in [0.15, 0.2) is 5.78 Å². The van der Waals surface area contributed by atoms with E-state index in [-0.39, 0.29) is 11.7 Å². The summed E-state index contributed by atoms with van der Waals surface area (Å²) in [7, 11) is 1.63. The molecule has 0 amide bonds. The number of carbonyl (C=O) groups excluding carboxylic acids is 1. The summed E-state index contributed by atoms with van der Waals surface area (Å²) in [6.45, 7) is 4.01. The zero-order chi connectivity index (χ0) is 15.0. The smallest absolute Gasteiger partial charge is 0.170 e. The first kappa shape index (κ1) is 13.9.